The summed E-state index contributed by atoms with van der Waals surface area (Å²) in [5, 5.41) is 0. The molecule has 2 N–H and O–H groups in total. The molecule has 5 nitrogen and oxygen atoms in total. The quantitative estimate of drug-likeness (QED) is 0.753. The van der Waals surface area contributed by atoms with Crippen LogP contribution in [0.4, 0.5) is 0 Å². The molecule has 0 aliphatic carbocycles. The number of rotatable bonds is 6. The number of thiocarbonyl (C=S) groups is 1. The van der Waals surface area contributed by atoms with E-state index in [0.29, 0.717) is 18.8 Å². The van der Waals surface area contributed by atoms with Crippen molar-refractivity contribution in [1.29, 1.82) is 0 Å². The number of hydrogen-bond acceptors (Lipinski definition) is 5. The Morgan fingerprint density at radius 3 is 2.78 bits per heavy atom. The Morgan fingerprint density at radius 1 is 1.56 bits per heavy atom. The van der Waals surface area contributed by atoms with E-state index >= 15 is 0 Å². The van der Waals surface area contributed by atoms with Crippen molar-refractivity contribution in [2.75, 3.05) is 25.6 Å². The van der Waals surface area contributed by atoms with Gasteiger partial charge in [0.25, 0.3) is 0 Å². The Labute approximate surface area is 113 Å². The summed E-state index contributed by atoms with van der Waals surface area (Å²) >= 11 is 4.86. The molecule has 1 heterocycles. The van der Waals surface area contributed by atoms with Gasteiger partial charge in [0.05, 0.1) is 11.4 Å². The van der Waals surface area contributed by atoms with Gasteiger partial charge in [-0.1, -0.05) is 12.2 Å². The van der Waals surface area contributed by atoms with Crippen LogP contribution in [0.15, 0.2) is 18.3 Å². The van der Waals surface area contributed by atoms with Crippen LogP contribution in [0, 0.1) is 0 Å². The van der Waals surface area contributed by atoms with E-state index < -0.39 is 9.84 Å². The fourth-order valence-corrected chi connectivity index (χ4v) is 2.17. The molecular formula is C11H17N3O2S2. The monoisotopic (exact) mass is 287 g/mol. The highest BCUT2D eigenvalue weighted by atomic mass is 32.2. The minimum Gasteiger partial charge on any atom is -0.388 e. The SMILES string of the molecule is CN(CCS(C)(=O)=O)Cc1ccnc(C(N)=S)c1. The predicted octanol–water partition coefficient (Wildman–Crippen LogP) is 0.192. The highest BCUT2D eigenvalue weighted by Crippen LogP contribution is 2.05. The third kappa shape index (κ3) is 5.52. The van der Waals surface area contributed by atoms with Crippen LogP contribution in [0.2, 0.25) is 0 Å². The van der Waals surface area contributed by atoms with Gasteiger partial charge in [0.1, 0.15) is 14.8 Å². The Bertz CT molecular complexity index is 529. The molecule has 0 aliphatic heterocycles. The zero-order valence-electron chi connectivity index (χ0n) is 10.5. The molecule has 0 bridgehead atoms. The zero-order chi connectivity index (χ0) is 13.8. The van der Waals surface area contributed by atoms with Gasteiger partial charge in [-0.2, -0.15) is 0 Å². The Hall–Kier alpha value is -1.05. The van der Waals surface area contributed by atoms with E-state index in [4.69, 9.17) is 18.0 Å². The summed E-state index contributed by atoms with van der Waals surface area (Å²) in [6, 6.07) is 3.68. The summed E-state index contributed by atoms with van der Waals surface area (Å²) in [7, 11) is -1.06. The van der Waals surface area contributed by atoms with Crippen LogP contribution in [0.25, 0.3) is 0 Å². The van der Waals surface area contributed by atoms with E-state index in [0.717, 1.165) is 5.56 Å². The summed E-state index contributed by atoms with van der Waals surface area (Å²) in [6.45, 7) is 1.12. The molecule has 0 radical (unpaired) electrons. The van der Waals surface area contributed by atoms with Crippen molar-refractivity contribution in [1.82, 2.24) is 9.88 Å². The topological polar surface area (TPSA) is 76.3 Å². The van der Waals surface area contributed by atoms with Crippen molar-refractivity contribution in [3.8, 4) is 0 Å². The molecule has 0 atom stereocenters. The molecule has 1 aromatic rings. The first-order valence-corrected chi connectivity index (χ1v) is 7.86. The van der Waals surface area contributed by atoms with E-state index in [-0.39, 0.29) is 10.7 Å². The maximum Gasteiger partial charge on any atom is 0.148 e. The number of sulfone groups is 1. The van der Waals surface area contributed by atoms with Crippen molar-refractivity contribution < 1.29 is 8.42 Å². The van der Waals surface area contributed by atoms with Gasteiger partial charge in [-0.25, -0.2) is 8.42 Å². The second-order valence-corrected chi connectivity index (χ2v) is 6.98. The summed E-state index contributed by atoms with van der Waals surface area (Å²) < 4.78 is 22.1. The lowest BCUT2D eigenvalue weighted by Gasteiger charge is -2.16. The van der Waals surface area contributed by atoms with Gasteiger partial charge >= 0.3 is 0 Å². The number of pyridine rings is 1. The molecule has 0 unspecified atom stereocenters. The highest BCUT2D eigenvalue weighted by molar-refractivity contribution is 7.90. The fraction of sp³-hybridized carbons (Fsp3) is 0.455. The molecule has 0 amide bonds. The minimum absolute atomic E-state index is 0.150. The molecule has 18 heavy (non-hydrogen) atoms. The van der Waals surface area contributed by atoms with Crippen LogP contribution in [0.5, 0.6) is 0 Å². The zero-order valence-corrected chi connectivity index (χ0v) is 12.1. The summed E-state index contributed by atoms with van der Waals surface area (Å²) in [5.74, 6) is 0.150. The van der Waals surface area contributed by atoms with Crippen LogP contribution in [0.1, 0.15) is 11.3 Å². The minimum atomic E-state index is -2.93. The predicted molar refractivity (Wildman–Crippen MR) is 76.2 cm³/mol. The lowest BCUT2D eigenvalue weighted by molar-refractivity contribution is 0.346. The first-order valence-electron chi connectivity index (χ1n) is 5.39. The average molecular weight is 287 g/mol. The smallest absolute Gasteiger partial charge is 0.148 e. The number of nitrogens with zero attached hydrogens (tertiary/aromatic N) is 2. The van der Waals surface area contributed by atoms with Gasteiger partial charge < -0.3 is 10.6 Å². The largest absolute Gasteiger partial charge is 0.388 e. The summed E-state index contributed by atoms with van der Waals surface area (Å²) in [4.78, 5) is 6.24. The number of aromatic nitrogens is 1. The van der Waals surface area contributed by atoms with Crippen molar-refractivity contribution in [3.63, 3.8) is 0 Å². The molecule has 0 spiro atoms. The Morgan fingerprint density at radius 2 is 2.22 bits per heavy atom. The molecule has 0 fully saturated rings. The lowest BCUT2D eigenvalue weighted by atomic mass is 10.2. The normalized spacial score (nSPS) is 11.7. The first-order chi connectivity index (χ1) is 8.28. The maximum atomic E-state index is 11.1. The van der Waals surface area contributed by atoms with E-state index in [1.165, 1.54) is 6.26 Å². The average Bonchev–Trinajstić information content (AvgIpc) is 2.26. The Kier molecular flexibility index (Phi) is 5.18. The van der Waals surface area contributed by atoms with Crippen molar-refractivity contribution in [3.05, 3.63) is 29.6 Å². The van der Waals surface area contributed by atoms with Gasteiger partial charge in [-0.15, -0.1) is 0 Å². The third-order valence-electron chi connectivity index (χ3n) is 2.37. The maximum absolute atomic E-state index is 11.1. The van der Waals surface area contributed by atoms with Crippen LogP contribution in [-0.4, -0.2) is 48.9 Å². The second-order valence-electron chi connectivity index (χ2n) is 4.28. The number of hydrogen-bond donors (Lipinski definition) is 1. The van der Waals surface area contributed by atoms with Gasteiger partial charge in [-0.05, 0) is 24.7 Å². The van der Waals surface area contributed by atoms with E-state index in [1.807, 2.05) is 24.1 Å². The van der Waals surface area contributed by atoms with E-state index in [2.05, 4.69) is 4.98 Å². The molecular weight excluding hydrogens is 270 g/mol. The standard InChI is InChI=1S/C11H17N3O2S2/c1-14(5-6-18(2,15)16)8-9-3-4-13-10(7-9)11(12)17/h3-4,7H,5-6,8H2,1-2H3,(H2,12,17). The van der Waals surface area contributed by atoms with Gasteiger partial charge in [0.2, 0.25) is 0 Å². The second kappa shape index (κ2) is 6.21. The van der Waals surface area contributed by atoms with E-state index in [1.54, 1.807) is 6.20 Å². The highest BCUT2D eigenvalue weighted by Gasteiger charge is 2.07. The molecule has 0 aliphatic rings. The summed E-state index contributed by atoms with van der Waals surface area (Å²) in [5.41, 5.74) is 7.09. The molecule has 7 heteroatoms. The molecule has 1 aromatic heterocycles. The van der Waals surface area contributed by atoms with Crippen molar-refractivity contribution >= 4 is 27.0 Å². The number of nitrogens with two attached hydrogens (primary N) is 1. The fourth-order valence-electron chi connectivity index (χ4n) is 1.42. The molecule has 0 saturated heterocycles. The molecule has 1 rings (SSSR count). The van der Waals surface area contributed by atoms with Crippen LogP contribution in [-0.2, 0) is 16.4 Å². The first kappa shape index (κ1) is 15.0. The Balaban J connectivity index is 2.62. The molecule has 100 valence electrons. The molecule has 0 saturated carbocycles. The van der Waals surface area contributed by atoms with Gasteiger partial charge in [0, 0.05) is 25.5 Å². The van der Waals surface area contributed by atoms with Crippen molar-refractivity contribution in [2.45, 2.75) is 6.54 Å². The lowest BCUT2D eigenvalue weighted by Crippen LogP contribution is -2.25. The van der Waals surface area contributed by atoms with Crippen molar-refractivity contribution in [2.24, 2.45) is 5.73 Å². The van der Waals surface area contributed by atoms with Crippen LogP contribution < -0.4 is 5.73 Å². The third-order valence-corrected chi connectivity index (χ3v) is 3.51. The van der Waals surface area contributed by atoms with E-state index in [9.17, 15) is 8.42 Å². The molecule has 0 aromatic carbocycles. The van der Waals surface area contributed by atoms with Gasteiger partial charge in [-0.3, -0.25) is 4.98 Å². The van der Waals surface area contributed by atoms with Gasteiger partial charge in [0.15, 0.2) is 0 Å². The van der Waals surface area contributed by atoms with Crippen LogP contribution >= 0.6 is 12.2 Å². The summed E-state index contributed by atoms with van der Waals surface area (Å²) in [6.07, 6.45) is 2.88. The van der Waals surface area contributed by atoms with Crippen LogP contribution in [0.3, 0.4) is 0 Å².